The van der Waals surface area contributed by atoms with Crippen molar-refractivity contribution in [2.24, 2.45) is 0 Å². The molecule has 1 fully saturated rings. The largest absolute Gasteiger partial charge is 0.347 e. The lowest BCUT2D eigenvalue weighted by molar-refractivity contribution is -0.171. The molecule has 2 unspecified atom stereocenters. The van der Waals surface area contributed by atoms with Crippen LogP contribution in [0.3, 0.4) is 0 Å². The van der Waals surface area contributed by atoms with E-state index in [2.05, 4.69) is 47.7 Å². The van der Waals surface area contributed by atoms with Crippen molar-refractivity contribution in [3.8, 4) is 0 Å². The Balaban J connectivity index is 1.72. The van der Waals surface area contributed by atoms with E-state index in [4.69, 9.17) is 9.47 Å². The van der Waals surface area contributed by atoms with Crippen LogP contribution in [0.25, 0.3) is 0 Å². The van der Waals surface area contributed by atoms with Gasteiger partial charge in [-0.3, -0.25) is 0 Å². The number of aryl methyl sites for hydroxylation is 2. The molecule has 0 amide bonds. The Labute approximate surface area is 125 Å². The van der Waals surface area contributed by atoms with Crippen LogP contribution in [0.1, 0.15) is 24.5 Å². The standard InChI is InChI=1S/C17H22N2O2/c1-14-3-5-16(6-4-14)11-17(20-12-15(2)21-17)7-9-19-10-8-18-13-19/h3-6,8,10,13,15H,7,9,11-12H2,1-2H3. The monoisotopic (exact) mass is 286 g/mol. The van der Waals surface area contributed by atoms with E-state index in [1.165, 1.54) is 11.1 Å². The Morgan fingerprint density at radius 2 is 2.14 bits per heavy atom. The molecular formula is C17H22N2O2. The first-order valence-electron chi connectivity index (χ1n) is 7.48. The molecule has 0 aliphatic carbocycles. The zero-order valence-electron chi connectivity index (χ0n) is 12.7. The van der Waals surface area contributed by atoms with Gasteiger partial charge in [0, 0.05) is 31.8 Å². The topological polar surface area (TPSA) is 36.3 Å². The lowest BCUT2D eigenvalue weighted by atomic mass is 10.0. The van der Waals surface area contributed by atoms with E-state index in [0.717, 1.165) is 19.4 Å². The van der Waals surface area contributed by atoms with Crippen molar-refractivity contribution in [1.29, 1.82) is 0 Å². The summed E-state index contributed by atoms with van der Waals surface area (Å²) in [5.41, 5.74) is 2.52. The van der Waals surface area contributed by atoms with E-state index in [9.17, 15) is 0 Å². The zero-order valence-corrected chi connectivity index (χ0v) is 12.7. The van der Waals surface area contributed by atoms with Crippen LogP contribution in [-0.4, -0.2) is 28.0 Å². The molecule has 1 aliphatic heterocycles. The molecule has 0 spiro atoms. The van der Waals surface area contributed by atoms with E-state index in [0.29, 0.717) is 6.61 Å². The fraction of sp³-hybridized carbons (Fsp3) is 0.471. The first-order chi connectivity index (χ1) is 10.2. The normalized spacial score (nSPS) is 25.3. The van der Waals surface area contributed by atoms with E-state index >= 15 is 0 Å². The third-order valence-electron chi connectivity index (χ3n) is 3.90. The number of benzene rings is 1. The summed E-state index contributed by atoms with van der Waals surface area (Å²) in [6.07, 6.45) is 7.35. The van der Waals surface area contributed by atoms with Crippen molar-refractivity contribution in [2.45, 2.75) is 45.1 Å². The van der Waals surface area contributed by atoms with Crippen molar-refractivity contribution in [3.05, 3.63) is 54.1 Å². The molecule has 1 aromatic carbocycles. The highest BCUT2D eigenvalue weighted by Gasteiger charge is 2.39. The second-order valence-electron chi connectivity index (χ2n) is 5.86. The van der Waals surface area contributed by atoms with Crippen LogP contribution in [0.2, 0.25) is 0 Å². The minimum absolute atomic E-state index is 0.151. The second-order valence-corrected chi connectivity index (χ2v) is 5.86. The van der Waals surface area contributed by atoms with Crippen molar-refractivity contribution >= 4 is 0 Å². The Bertz CT molecular complexity index is 565. The van der Waals surface area contributed by atoms with Crippen molar-refractivity contribution < 1.29 is 9.47 Å². The average molecular weight is 286 g/mol. The molecule has 3 rings (SSSR count). The third kappa shape index (κ3) is 3.52. The van der Waals surface area contributed by atoms with Crippen LogP contribution in [-0.2, 0) is 22.4 Å². The molecule has 0 saturated carbocycles. The predicted octanol–water partition coefficient (Wildman–Crippen LogP) is 2.96. The quantitative estimate of drug-likeness (QED) is 0.848. The van der Waals surface area contributed by atoms with Crippen molar-refractivity contribution in [2.75, 3.05) is 6.61 Å². The van der Waals surface area contributed by atoms with Crippen molar-refractivity contribution in [3.63, 3.8) is 0 Å². The minimum Gasteiger partial charge on any atom is -0.347 e. The molecule has 2 aromatic rings. The molecule has 0 N–H and O–H groups in total. The summed E-state index contributed by atoms with van der Waals surface area (Å²) >= 11 is 0. The molecule has 1 aliphatic rings. The first kappa shape index (κ1) is 14.3. The van der Waals surface area contributed by atoms with Gasteiger partial charge in [-0.15, -0.1) is 0 Å². The number of ether oxygens (including phenoxy) is 2. The molecule has 2 atom stereocenters. The Morgan fingerprint density at radius 3 is 2.76 bits per heavy atom. The van der Waals surface area contributed by atoms with Gasteiger partial charge in [-0.05, 0) is 19.4 Å². The minimum atomic E-state index is -0.515. The number of nitrogens with zero attached hydrogens (tertiary/aromatic N) is 2. The highest BCUT2D eigenvalue weighted by atomic mass is 16.7. The van der Waals surface area contributed by atoms with Gasteiger partial charge in [0.25, 0.3) is 0 Å². The SMILES string of the molecule is Cc1ccc(CC2(CCn3ccnc3)OCC(C)O2)cc1. The molecule has 2 heterocycles. The maximum Gasteiger partial charge on any atom is 0.174 e. The molecule has 1 aromatic heterocycles. The van der Waals surface area contributed by atoms with E-state index in [1.807, 2.05) is 12.5 Å². The summed E-state index contributed by atoms with van der Waals surface area (Å²) in [4.78, 5) is 4.08. The van der Waals surface area contributed by atoms with E-state index in [-0.39, 0.29) is 6.10 Å². The van der Waals surface area contributed by atoms with E-state index in [1.54, 1.807) is 6.20 Å². The molecule has 0 bridgehead atoms. The zero-order chi connectivity index (χ0) is 14.7. The number of rotatable bonds is 5. The van der Waals surface area contributed by atoms with Gasteiger partial charge >= 0.3 is 0 Å². The molecular weight excluding hydrogens is 264 g/mol. The molecule has 0 radical (unpaired) electrons. The van der Waals surface area contributed by atoms with Crippen LogP contribution in [0.5, 0.6) is 0 Å². The van der Waals surface area contributed by atoms with Gasteiger partial charge in [0.15, 0.2) is 5.79 Å². The van der Waals surface area contributed by atoms with Gasteiger partial charge in [0.1, 0.15) is 0 Å². The molecule has 21 heavy (non-hydrogen) atoms. The summed E-state index contributed by atoms with van der Waals surface area (Å²) in [6.45, 7) is 5.67. The lowest BCUT2D eigenvalue weighted by Gasteiger charge is -2.28. The Kier molecular flexibility index (Phi) is 4.08. The van der Waals surface area contributed by atoms with E-state index < -0.39 is 5.79 Å². The summed E-state index contributed by atoms with van der Waals surface area (Å²) in [6, 6.07) is 8.59. The molecule has 4 heteroatoms. The summed E-state index contributed by atoms with van der Waals surface area (Å²) in [5, 5.41) is 0. The van der Waals surface area contributed by atoms with Gasteiger partial charge in [-0.1, -0.05) is 29.8 Å². The number of hydrogen-bond acceptors (Lipinski definition) is 3. The van der Waals surface area contributed by atoms with Crippen LogP contribution in [0.4, 0.5) is 0 Å². The summed E-state index contributed by atoms with van der Waals surface area (Å²) in [7, 11) is 0. The van der Waals surface area contributed by atoms with Crippen LogP contribution in [0.15, 0.2) is 43.0 Å². The lowest BCUT2D eigenvalue weighted by Crippen LogP contribution is -2.35. The van der Waals surface area contributed by atoms with Gasteiger partial charge in [-0.25, -0.2) is 4.98 Å². The average Bonchev–Trinajstić information content (AvgIpc) is 3.10. The van der Waals surface area contributed by atoms with Gasteiger partial charge in [0.2, 0.25) is 0 Å². The maximum atomic E-state index is 6.13. The first-order valence-corrected chi connectivity index (χ1v) is 7.48. The second kappa shape index (κ2) is 6.00. The van der Waals surface area contributed by atoms with Crippen LogP contribution in [0, 0.1) is 6.92 Å². The predicted molar refractivity (Wildman–Crippen MR) is 81.0 cm³/mol. The fourth-order valence-corrected chi connectivity index (χ4v) is 2.75. The Hall–Kier alpha value is -1.65. The van der Waals surface area contributed by atoms with Gasteiger partial charge < -0.3 is 14.0 Å². The van der Waals surface area contributed by atoms with Crippen molar-refractivity contribution in [1.82, 2.24) is 9.55 Å². The van der Waals surface area contributed by atoms with Gasteiger partial charge in [0.05, 0.1) is 19.0 Å². The fourth-order valence-electron chi connectivity index (χ4n) is 2.75. The summed E-state index contributed by atoms with van der Waals surface area (Å²) in [5.74, 6) is -0.515. The number of imidazole rings is 1. The maximum absolute atomic E-state index is 6.13. The Morgan fingerprint density at radius 1 is 1.33 bits per heavy atom. The third-order valence-corrected chi connectivity index (χ3v) is 3.90. The molecule has 1 saturated heterocycles. The number of aromatic nitrogens is 2. The van der Waals surface area contributed by atoms with Crippen LogP contribution >= 0.6 is 0 Å². The molecule has 112 valence electrons. The summed E-state index contributed by atoms with van der Waals surface area (Å²) < 4.78 is 14.2. The van der Waals surface area contributed by atoms with Crippen LogP contribution < -0.4 is 0 Å². The highest BCUT2D eigenvalue weighted by molar-refractivity contribution is 5.22. The van der Waals surface area contributed by atoms with Gasteiger partial charge in [-0.2, -0.15) is 0 Å². The number of hydrogen-bond donors (Lipinski definition) is 0. The molecule has 4 nitrogen and oxygen atoms in total. The smallest absolute Gasteiger partial charge is 0.174 e. The highest BCUT2D eigenvalue weighted by Crippen LogP contribution is 2.31.